The molecule has 0 amide bonds. The number of hydrogen-bond donors (Lipinski definition) is 0. The first-order chi connectivity index (χ1) is 12.5. The SMILES string of the molecule is O=S(=O)(C(c1cc(Br)ccc1Br)C(Cl)Cl)C(c1cc(Br)ccc1Br)C(Cl)Cl. The molecule has 2 unspecified atom stereocenters. The lowest BCUT2D eigenvalue weighted by Crippen LogP contribution is -2.29. The average Bonchev–Trinajstić information content (AvgIpc) is 2.53. The van der Waals surface area contributed by atoms with Crippen molar-refractivity contribution in [2.24, 2.45) is 0 Å². The van der Waals surface area contributed by atoms with Crippen LogP contribution >= 0.6 is 110 Å². The van der Waals surface area contributed by atoms with E-state index in [0.717, 1.165) is 0 Å². The van der Waals surface area contributed by atoms with Gasteiger partial charge in [-0.3, -0.25) is 0 Å². The topological polar surface area (TPSA) is 34.1 Å². The van der Waals surface area contributed by atoms with Crippen LogP contribution in [0.25, 0.3) is 0 Å². The summed E-state index contributed by atoms with van der Waals surface area (Å²) in [4.78, 5) is -2.50. The Morgan fingerprint density at radius 2 is 1.00 bits per heavy atom. The van der Waals surface area contributed by atoms with Crippen LogP contribution in [0, 0.1) is 0 Å². The van der Waals surface area contributed by atoms with Crippen molar-refractivity contribution in [2.75, 3.05) is 0 Å². The van der Waals surface area contributed by atoms with Crippen LogP contribution in [0.4, 0.5) is 0 Å². The average molecular weight is 728 g/mol. The Hall–Kier alpha value is 1.47. The summed E-state index contributed by atoms with van der Waals surface area (Å²) in [6.45, 7) is 0. The molecule has 2 atom stereocenters. The zero-order valence-corrected chi connectivity index (χ0v) is 23.2. The van der Waals surface area contributed by atoms with Gasteiger partial charge in [0.1, 0.15) is 20.2 Å². The Labute approximate surface area is 211 Å². The molecule has 11 heteroatoms. The maximum atomic E-state index is 13.6. The van der Waals surface area contributed by atoms with Gasteiger partial charge in [0.2, 0.25) is 0 Å². The van der Waals surface area contributed by atoms with E-state index in [1.165, 1.54) is 0 Å². The van der Waals surface area contributed by atoms with Gasteiger partial charge >= 0.3 is 0 Å². The Morgan fingerprint density at radius 1 is 0.667 bits per heavy atom. The van der Waals surface area contributed by atoms with Crippen molar-refractivity contribution >= 4 is 120 Å². The Balaban J connectivity index is 2.72. The second-order valence-corrected chi connectivity index (χ2v) is 13.5. The van der Waals surface area contributed by atoms with Gasteiger partial charge in [0.25, 0.3) is 0 Å². The molecule has 148 valence electrons. The molecule has 0 saturated heterocycles. The summed E-state index contributed by atoms with van der Waals surface area (Å²) >= 11 is 38.0. The summed E-state index contributed by atoms with van der Waals surface area (Å²) in [7, 11) is -4.08. The molecule has 0 fully saturated rings. The van der Waals surface area contributed by atoms with Crippen molar-refractivity contribution in [1.29, 1.82) is 0 Å². The zero-order chi connectivity index (χ0) is 20.5. The van der Waals surface area contributed by atoms with Crippen LogP contribution in [0.3, 0.4) is 0 Å². The van der Waals surface area contributed by atoms with E-state index in [-0.39, 0.29) is 0 Å². The molecule has 2 aromatic rings. The quantitative estimate of drug-likeness (QED) is 0.280. The van der Waals surface area contributed by atoms with Gasteiger partial charge in [-0.15, -0.1) is 46.4 Å². The third kappa shape index (κ3) is 5.79. The Kier molecular flexibility index (Phi) is 9.33. The van der Waals surface area contributed by atoms with Crippen LogP contribution in [0.5, 0.6) is 0 Å². The van der Waals surface area contributed by atoms with E-state index in [0.29, 0.717) is 29.0 Å². The monoisotopic (exact) mass is 722 g/mol. The number of benzene rings is 2. The summed E-state index contributed by atoms with van der Waals surface area (Å²) in [5.74, 6) is 0. The molecule has 0 saturated carbocycles. The minimum atomic E-state index is -4.08. The van der Waals surface area contributed by atoms with E-state index in [1.54, 1.807) is 36.4 Å². The van der Waals surface area contributed by atoms with Crippen LogP contribution in [-0.4, -0.2) is 18.1 Å². The number of sulfone groups is 1. The molecule has 0 aliphatic carbocycles. The zero-order valence-electron chi connectivity index (χ0n) is 13.0. The van der Waals surface area contributed by atoms with E-state index in [9.17, 15) is 8.42 Å². The fraction of sp³-hybridized carbons (Fsp3) is 0.250. The molecule has 2 aromatic carbocycles. The number of rotatable bonds is 6. The molecular formula is C16H10Br4Cl4O2S. The first-order valence-electron chi connectivity index (χ1n) is 7.15. The highest BCUT2D eigenvalue weighted by Gasteiger charge is 2.44. The number of alkyl halides is 4. The number of halogens is 8. The summed E-state index contributed by atoms with van der Waals surface area (Å²) in [5.41, 5.74) is 0.814. The highest BCUT2D eigenvalue weighted by molar-refractivity contribution is 9.11. The van der Waals surface area contributed by atoms with Gasteiger partial charge in [0, 0.05) is 17.9 Å². The third-order valence-corrected chi connectivity index (χ3v) is 10.2. The van der Waals surface area contributed by atoms with Gasteiger partial charge in [-0.1, -0.05) is 63.7 Å². The van der Waals surface area contributed by atoms with Crippen LogP contribution in [0.15, 0.2) is 54.3 Å². The third-order valence-electron chi connectivity index (χ3n) is 3.69. The standard InChI is InChI=1S/C16H10Br4Cl4O2S/c17-7-1-3-11(19)9(5-7)13(15(21)22)27(25,26)14(16(23)24)10-6-8(18)2-4-12(10)20/h1-6,13-16H. The molecule has 2 nitrogen and oxygen atoms in total. The lowest BCUT2D eigenvalue weighted by atomic mass is 10.1. The van der Waals surface area contributed by atoms with E-state index in [4.69, 9.17) is 46.4 Å². The second-order valence-electron chi connectivity index (χ2n) is 5.43. The van der Waals surface area contributed by atoms with E-state index >= 15 is 0 Å². The van der Waals surface area contributed by atoms with Gasteiger partial charge in [-0.2, -0.15) is 0 Å². The lowest BCUT2D eigenvalue weighted by Gasteiger charge is -2.28. The van der Waals surface area contributed by atoms with Crippen LogP contribution < -0.4 is 0 Å². The van der Waals surface area contributed by atoms with E-state index in [1.807, 2.05) is 0 Å². The van der Waals surface area contributed by atoms with Gasteiger partial charge < -0.3 is 0 Å². The van der Waals surface area contributed by atoms with Crippen molar-refractivity contribution < 1.29 is 8.42 Å². The Morgan fingerprint density at radius 3 is 1.30 bits per heavy atom. The fourth-order valence-corrected chi connectivity index (χ4v) is 8.83. The van der Waals surface area contributed by atoms with Crippen molar-refractivity contribution in [2.45, 2.75) is 20.2 Å². The summed E-state index contributed by atoms with van der Waals surface area (Å²) < 4.78 is 29.7. The molecule has 0 bridgehead atoms. The van der Waals surface area contributed by atoms with Crippen molar-refractivity contribution in [3.05, 3.63) is 65.4 Å². The van der Waals surface area contributed by atoms with Gasteiger partial charge in [-0.25, -0.2) is 8.42 Å². The van der Waals surface area contributed by atoms with Gasteiger partial charge in [-0.05, 0) is 47.5 Å². The molecule has 0 radical (unpaired) electrons. The molecular weight excluding hydrogens is 718 g/mol. The molecule has 0 N–H and O–H groups in total. The van der Waals surface area contributed by atoms with Crippen molar-refractivity contribution in [1.82, 2.24) is 0 Å². The van der Waals surface area contributed by atoms with E-state index in [2.05, 4.69) is 63.7 Å². The summed E-state index contributed by atoms with van der Waals surface area (Å²) in [6, 6.07) is 10.2. The molecule has 27 heavy (non-hydrogen) atoms. The van der Waals surface area contributed by atoms with Crippen LogP contribution in [0.1, 0.15) is 21.6 Å². The summed E-state index contributed by atoms with van der Waals surface area (Å²) in [5, 5.41) is -2.52. The number of hydrogen-bond acceptors (Lipinski definition) is 2. The second kappa shape index (κ2) is 10.2. The van der Waals surface area contributed by atoms with Crippen molar-refractivity contribution in [3.63, 3.8) is 0 Å². The smallest absolute Gasteiger partial charge is 0.169 e. The fourth-order valence-electron chi connectivity index (χ4n) is 2.54. The highest BCUT2D eigenvalue weighted by atomic mass is 79.9. The molecule has 0 aliphatic heterocycles. The van der Waals surface area contributed by atoms with Crippen LogP contribution in [0.2, 0.25) is 0 Å². The molecule has 0 spiro atoms. The maximum Gasteiger partial charge on any atom is 0.169 e. The van der Waals surface area contributed by atoms with Gasteiger partial charge in [0.05, 0.1) is 0 Å². The Bertz CT molecular complexity index is 869. The molecule has 0 heterocycles. The summed E-state index contributed by atoms with van der Waals surface area (Å²) in [6.07, 6.45) is 0. The molecule has 0 aromatic heterocycles. The normalized spacial score (nSPS) is 14.6. The van der Waals surface area contributed by atoms with E-state index < -0.39 is 30.0 Å². The minimum Gasteiger partial charge on any atom is -0.227 e. The van der Waals surface area contributed by atoms with Crippen molar-refractivity contribution in [3.8, 4) is 0 Å². The molecule has 0 aliphatic rings. The highest BCUT2D eigenvalue weighted by Crippen LogP contribution is 2.47. The maximum absolute atomic E-state index is 13.6. The van der Waals surface area contributed by atoms with Crippen LogP contribution in [-0.2, 0) is 9.84 Å². The minimum absolute atomic E-state index is 0.407. The lowest BCUT2D eigenvalue weighted by molar-refractivity contribution is 0.572. The van der Waals surface area contributed by atoms with Gasteiger partial charge in [0.15, 0.2) is 9.84 Å². The first-order valence-corrected chi connectivity index (χ1v) is 13.7. The predicted molar refractivity (Wildman–Crippen MR) is 129 cm³/mol. The first kappa shape index (κ1) is 24.7. The molecule has 2 rings (SSSR count). The predicted octanol–water partition coefficient (Wildman–Crippen LogP) is 8.54. The largest absolute Gasteiger partial charge is 0.227 e.